The normalized spacial score (nSPS) is 26.7. The molecule has 2 aromatic rings. The molecule has 0 radical (unpaired) electrons. The quantitative estimate of drug-likeness (QED) is 0.907. The zero-order valence-electron chi connectivity index (χ0n) is 13.5. The van der Waals surface area contributed by atoms with Gasteiger partial charge in [-0.1, -0.05) is 6.07 Å². The van der Waals surface area contributed by atoms with E-state index in [1.54, 1.807) is 6.07 Å². The van der Waals surface area contributed by atoms with E-state index in [0.29, 0.717) is 11.6 Å². The summed E-state index contributed by atoms with van der Waals surface area (Å²) in [5.74, 6) is -0.0835. The molecule has 0 aliphatic carbocycles. The summed E-state index contributed by atoms with van der Waals surface area (Å²) in [7, 11) is 1.98. The number of hydrogen-bond donors (Lipinski definition) is 2. The molecule has 5 nitrogen and oxygen atoms in total. The van der Waals surface area contributed by atoms with Gasteiger partial charge in [-0.3, -0.25) is 0 Å². The molecule has 23 heavy (non-hydrogen) atoms. The number of nitrogens with zero attached hydrogens (tertiary/aromatic N) is 2. The van der Waals surface area contributed by atoms with Crippen LogP contribution in [0.15, 0.2) is 24.4 Å². The van der Waals surface area contributed by atoms with E-state index < -0.39 is 5.97 Å². The Morgan fingerprint density at radius 2 is 2.13 bits per heavy atom. The smallest absolute Gasteiger partial charge is 0.336 e. The summed E-state index contributed by atoms with van der Waals surface area (Å²) in [4.78, 5) is 14.1. The van der Waals surface area contributed by atoms with Gasteiger partial charge in [0.05, 0.1) is 5.56 Å². The Labute approximate surface area is 135 Å². The third-order valence-corrected chi connectivity index (χ3v) is 5.53. The van der Waals surface area contributed by atoms with Crippen LogP contribution in [0.2, 0.25) is 0 Å². The van der Waals surface area contributed by atoms with Gasteiger partial charge in [0.25, 0.3) is 0 Å². The lowest BCUT2D eigenvalue weighted by molar-refractivity contribution is 0.0698. The van der Waals surface area contributed by atoms with Gasteiger partial charge in [0.2, 0.25) is 0 Å². The highest BCUT2D eigenvalue weighted by Crippen LogP contribution is 2.29. The molecule has 3 aliphatic heterocycles. The van der Waals surface area contributed by atoms with Crippen LogP contribution in [0.25, 0.3) is 10.9 Å². The van der Waals surface area contributed by atoms with Crippen LogP contribution < -0.4 is 5.32 Å². The maximum atomic E-state index is 11.6. The first kappa shape index (κ1) is 14.7. The van der Waals surface area contributed by atoms with E-state index in [-0.39, 0.29) is 0 Å². The van der Waals surface area contributed by atoms with Gasteiger partial charge in [-0.2, -0.15) is 0 Å². The number of hydrogen-bond acceptors (Lipinski definition) is 3. The Hall–Kier alpha value is -1.85. The molecule has 122 valence electrons. The van der Waals surface area contributed by atoms with E-state index in [9.17, 15) is 9.90 Å². The SMILES string of the molecule is Cn1cc(CN[C@@H]2CN3CCC2CC3)c2c(C(=O)O)cccc21. The molecule has 0 unspecified atom stereocenters. The molecular formula is C18H23N3O2. The van der Waals surface area contributed by atoms with E-state index in [1.807, 2.05) is 23.7 Å². The summed E-state index contributed by atoms with van der Waals surface area (Å²) in [6.45, 7) is 4.33. The Bertz CT molecular complexity index is 744. The molecule has 2 bridgehead atoms. The molecule has 0 spiro atoms. The number of piperidine rings is 3. The lowest BCUT2D eigenvalue weighted by Crippen LogP contribution is -2.55. The monoisotopic (exact) mass is 313 g/mol. The standard InChI is InChI=1S/C18H23N3O2/c1-20-10-13(17-14(18(22)23)3-2-4-16(17)20)9-19-15-11-21-7-5-12(15)6-8-21/h2-4,10,12,15,19H,5-9,11H2,1H3,(H,22,23)/t15-/m1/s1. The van der Waals surface area contributed by atoms with Gasteiger partial charge < -0.3 is 19.9 Å². The highest BCUT2D eigenvalue weighted by Gasteiger charge is 2.33. The Balaban J connectivity index is 1.60. The molecule has 3 aliphatic rings. The first-order chi connectivity index (χ1) is 11.1. The van der Waals surface area contributed by atoms with E-state index >= 15 is 0 Å². The van der Waals surface area contributed by atoms with Gasteiger partial charge in [-0.25, -0.2) is 4.79 Å². The number of carboxylic acid groups (broad SMARTS) is 1. The molecule has 3 saturated heterocycles. The lowest BCUT2D eigenvalue weighted by Gasteiger charge is -2.45. The minimum Gasteiger partial charge on any atom is -0.478 e. The maximum Gasteiger partial charge on any atom is 0.336 e. The fourth-order valence-corrected chi connectivity index (χ4v) is 4.29. The molecule has 5 heteroatoms. The fourth-order valence-electron chi connectivity index (χ4n) is 4.29. The first-order valence-electron chi connectivity index (χ1n) is 8.39. The summed E-state index contributed by atoms with van der Waals surface area (Å²) in [6, 6.07) is 6.03. The van der Waals surface area contributed by atoms with E-state index in [0.717, 1.165) is 35.5 Å². The minimum atomic E-state index is -0.856. The summed E-state index contributed by atoms with van der Waals surface area (Å²) in [6.07, 6.45) is 4.63. The van der Waals surface area contributed by atoms with Crippen molar-refractivity contribution < 1.29 is 9.90 Å². The van der Waals surface area contributed by atoms with Gasteiger partial charge >= 0.3 is 5.97 Å². The third kappa shape index (κ3) is 2.54. The average molecular weight is 313 g/mol. The van der Waals surface area contributed by atoms with Crippen molar-refractivity contribution in [3.8, 4) is 0 Å². The Kier molecular flexibility index (Phi) is 3.62. The van der Waals surface area contributed by atoms with Gasteiger partial charge in [-0.05, 0) is 49.5 Å². The van der Waals surface area contributed by atoms with E-state index in [1.165, 1.54) is 25.9 Å². The molecule has 2 N–H and O–H groups in total. The van der Waals surface area contributed by atoms with Crippen molar-refractivity contribution in [3.63, 3.8) is 0 Å². The van der Waals surface area contributed by atoms with Crippen molar-refractivity contribution in [2.75, 3.05) is 19.6 Å². The molecule has 3 fully saturated rings. The summed E-state index contributed by atoms with van der Waals surface area (Å²) < 4.78 is 2.02. The largest absolute Gasteiger partial charge is 0.478 e. The van der Waals surface area contributed by atoms with Crippen LogP contribution in [0, 0.1) is 5.92 Å². The van der Waals surface area contributed by atoms with Crippen LogP contribution in [-0.4, -0.2) is 46.2 Å². The number of aryl methyl sites for hydroxylation is 1. The molecule has 1 aromatic heterocycles. The van der Waals surface area contributed by atoms with Crippen LogP contribution in [0.1, 0.15) is 28.8 Å². The van der Waals surface area contributed by atoms with Gasteiger partial charge in [0, 0.05) is 43.3 Å². The van der Waals surface area contributed by atoms with Crippen molar-refractivity contribution in [1.82, 2.24) is 14.8 Å². The van der Waals surface area contributed by atoms with Crippen LogP contribution in [0.3, 0.4) is 0 Å². The number of fused-ring (bicyclic) bond motifs is 4. The molecule has 5 rings (SSSR count). The minimum absolute atomic E-state index is 0.397. The molecule has 4 heterocycles. The van der Waals surface area contributed by atoms with E-state index in [4.69, 9.17) is 0 Å². The Morgan fingerprint density at radius 1 is 1.35 bits per heavy atom. The van der Waals surface area contributed by atoms with Crippen molar-refractivity contribution in [2.24, 2.45) is 13.0 Å². The number of carboxylic acids is 1. The van der Waals surface area contributed by atoms with Crippen LogP contribution in [-0.2, 0) is 13.6 Å². The van der Waals surface area contributed by atoms with Crippen LogP contribution in [0.4, 0.5) is 0 Å². The summed E-state index contributed by atoms with van der Waals surface area (Å²) in [5, 5.41) is 14.0. The topological polar surface area (TPSA) is 57.5 Å². The zero-order valence-corrected chi connectivity index (χ0v) is 13.5. The number of rotatable bonds is 4. The predicted molar refractivity (Wildman–Crippen MR) is 89.7 cm³/mol. The number of nitrogens with one attached hydrogen (secondary N) is 1. The summed E-state index contributed by atoms with van der Waals surface area (Å²) >= 11 is 0. The Morgan fingerprint density at radius 3 is 2.78 bits per heavy atom. The van der Waals surface area contributed by atoms with Crippen molar-refractivity contribution in [2.45, 2.75) is 25.4 Å². The number of carbonyl (C=O) groups is 1. The van der Waals surface area contributed by atoms with Crippen LogP contribution in [0.5, 0.6) is 0 Å². The van der Waals surface area contributed by atoms with Gasteiger partial charge in [-0.15, -0.1) is 0 Å². The number of aromatic nitrogens is 1. The average Bonchev–Trinajstić information content (AvgIpc) is 2.90. The second-order valence-electron chi connectivity index (χ2n) is 6.90. The summed E-state index contributed by atoms with van der Waals surface area (Å²) in [5.41, 5.74) is 2.46. The molecule has 1 aromatic carbocycles. The maximum absolute atomic E-state index is 11.6. The predicted octanol–water partition coefficient (Wildman–Crippen LogP) is 2.06. The number of benzene rings is 1. The van der Waals surface area contributed by atoms with Gasteiger partial charge in [0.15, 0.2) is 0 Å². The van der Waals surface area contributed by atoms with Crippen molar-refractivity contribution in [1.29, 1.82) is 0 Å². The highest BCUT2D eigenvalue weighted by atomic mass is 16.4. The van der Waals surface area contributed by atoms with Gasteiger partial charge in [0.1, 0.15) is 0 Å². The second kappa shape index (κ2) is 5.65. The molecule has 0 amide bonds. The second-order valence-corrected chi connectivity index (χ2v) is 6.90. The number of aromatic carboxylic acids is 1. The molecule has 1 atom stereocenters. The highest BCUT2D eigenvalue weighted by molar-refractivity contribution is 6.04. The molecular weight excluding hydrogens is 290 g/mol. The third-order valence-electron chi connectivity index (χ3n) is 5.53. The zero-order chi connectivity index (χ0) is 16.0. The van der Waals surface area contributed by atoms with Crippen molar-refractivity contribution >= 4 is 16.9 Å². The lowest BCUT2D eigenvalue weighted by atomic mass is 9.84. The first-order valence-corrected chi connectivity index (χ1v) is 8.39. The van der Waals surface area contributed by atoms with E-state index in [2.05, 4.69) is 16.4 Å². The van der Waals surface area contributed by atoms with Crippen LogP contribution >= 0.6 is 0 Å². The molecule has 0 saturated carbocycles. The fraction of sp³-hybridized carbons (Fsp3) is 0.500. The van der Waals surface area contributed by atoms with Crippen molar-refractivity contribution in [3.05, 3.63) is 35.5 Å².